The number of amides is 2. The number of likely N-dealkylation sites (N-methyl/N-ethyl adjacent to an activating group) is 1. The van der Waals surface area contributed by atoms with E-state index < -0.39 is 30.3 Å². The van der Waals surface area contributed by atoms with Crippen molar-refractivity contribution >= 4 is 57.3 Å². The number of piperidine rings is 3. The Bertz CT molecular complexity index is 2640. The molecule has 0 saturated carbocycles. The zero-order chi connectivity index (χ0) is 50.2. The summed E-state index contributed by atoms with van der Waals surface area (Å²) >= 11 is 2.40. The standard InChI is InChI=1S/C55H69F3IN8O3P/c1-6-7-8-50(53(68)60-4)62-43-14-15-45(48(56)31-43)47-22-26-65(35-55(47,57)58)33-38-18-27-66(28-19-38)54(69)41-11-9-39(10-12-41)40-20-24-64(25-21-40)32-36(2)29-46-37(3)61-23-17-44(46)42-13-16-49-51(30-42)67(71-59)52(63-49)34-70-5/h6,9-13,16-17,23,29-31,38,40,47,50,62,71H,1,7-8,14-15,18-22,24-28,32-35H2,2-5H3,(H,60,68)/b36-29+. The number of ether oxygens (including phenoxy) is 1. The molecule has 3 atom stereocenters. The lowest BCUT2D eigenvalue weighted by Crippen LogP contribution is -2.51. The van der Waals surface area contributed by atoms with E-state index in [1.165, 1.54) is 17.2 Å². The fraction of sp³-hybridized carbons (Fsp3) is 0.491. The van der Waals surface area contributed by atoms with Crippen LogP contribution in [0.5, 0.6) is 0 Å². The third-order valence-corrected chi connectivity index (χ3v) is 17.1. The molecule has 3 unspecified atom stereocenters. The minimum atomic E-state index is -3.06. The highest BCUT2D eigenvalue weighted by atomic mass is 127. The molecule has 4 aliphatic rings. The van der Waals surface area contributed by atoms with Gasteiger partial charge in [0, 0.05) is 81.3 Å². The molecular formula is C55H69F3IN8O3P. The van der Waals surface area contributed by atoms with Crippen molar-refractivity contribution in [1.82, 2.24) is 39.6 Å². The van der Waals surface area contributed by atoms with Crippen LogP contribution in [0.3, 0.4) is 0 Å². The summed E-state index contributed by atoms with van der Waals surface area (Å²) in [5.74, 6) is -3.44. The molecule has 3 aliphatic heterocycles. The number of hydrogen-bond donors (Lipinski definition) is 2. The summed E-state index contributed by atoms with van der Waals surface area (Å²) in [6.07, 6.45) is 13.2. The average Bonchev–Trinajstić information content (AvgIpc) is 3.72. The number of carbonyl (C=O) groups is 2. The lowest BCUT2D eigenvalue weighted by Gasteiger charge is -2.42. The Balaban J connectivity index is 0.789. The Morgan fingerprint density at radius 2 is 1.76 bits per heavy atom. The molecule has 1 aliphatic carbocycles. The van der Waals surface area contributed by atoms with Gasteiger partial charge in [0.25, 0.3) is 11.8 Å². The van der Waals surface area contributed by atoms with Gasteiger partial charge >= 0.3 is 0 Å². The number of nitrogens with zero attached hydrogens (tertiary/aromatic N) is 6. The second-order valence-corrected chi connectivity index (χ2v) is 22.0. The molecule has 380 valence electrons. The Morgan fingerprint density at radius 3 is 2.44 bits per heavy atom. The first-order chi connectivity index (χ1) is 34.3. The number of allylic oxidation sites excluding steroid dienone is 5. The topological polar surface area (TPSA) is 108 Å². The molecule has 0 spiro atoms. The number of benzene rings is 2. The van der Waals surface area contributed by atoms with Gasteiger partial charge in [0.05, 0.1) is 17.6 Å². The molecule has 2 aromatic heterocycles. The number of halogens is 4. The molecule has 0 bridgehead atoms. The lowest BCUT2D eigenvalue weighted by molar-refractivity contribution is -0.122. The van der Waals surface area contributed by atoms with E-state index in [1.807, 2.05) is 28.1 Å². The molecule has 2 aromatic carbocycles. The minimum absolute atomic E-state index is 0.0203. The van der Waals surface area contributed by atoms with Crippen molar-refractivity contribution in [3.8, 4) is 11.1 Å². The van der Waals surface area contributed by atoms with E-state index >= 15 is 13.2 Å². The molecule has 5 heterocycles. The third-order valence-electron chi connectivity index (χ3n) is 15.0. The monoisotopic (exact) mass is 1100 g/mol. The molecule has 4 aromatic rings. The van der Waals surface area contributed by atoms with Crippen molar-refractivity contribution in [1.29, 1.82) is 0 Å². The largest absolute Gasteiger partial charge is 0.377 e. The molecule has 16 heteroatoms. The number of fused-ring (bicyclic) bond motifs is 1. The quantitative estimate of drug-likeness (QED) is 0.0576. The summed E-state index contributed by atoms with van der Waals surface area (Å²) in [5, 5.41) is 5.75. The first-order valence-electron chi connectivity index (χ1n) is 25.2. The minimum Gasteiger partial charge on any atom is -0.377 e. The zero-order valence-corrected chi connectivity index (χ0v) is 44.8. The molecule has 11 nitrogen and oxygen atoms in total. The normalized spacial score (nSPS) is 20.5. The average molecular weight is 1110 g/mol. The van der Waals surface area contributed by atoms with Crippen molar-refractivity contribution in [2.24, 2.45) is 11.8 Å². The van der Waals surface area contributed by atoms with E-state index in [9.17, 15) is 9.59 Å². The third kappa shape index (κ3) is 12.7. The predicted molar refractivity (Wildman–Crippen MR) is 289 cm³/mol. The number of imidazole rings is 1. The highest BCUT2D eigenvalue weighted by Crippen LogP contribution is 2.44. The van der Waals surface area contributed by atoms with Crippen molar-refractivity contribution in [2.75, 3.05) is 66.5 Å². The maximum absolute atomic E-state index is 15.8. The van der Waals surface area contributed by atoms with Crippen molar-refractivity contribution in [3.05, 3.63) is 124 Å². The predicted octanol–water partition coefficient (Wildman–Crippen LogP) is 11.0. The summed E-state index contributed by atoms with van der Waals surface area (Å²) in [6.45, 7) is 13.2. The molecule has 2 N–H and O–H groups in total. The molecule has 3 saturated heterocycles. The highest BCUT2D eigenvalue weighted by Gasteiger charge is 2.47. The second kappa shape index (κ2) is 24.1. The number of aryl methyl sites for hydroxylation is 1. The van der Waals surface area contributed by atoms with Gasteiger partial charge in [0.1, 0.15) is 24.3 Å². The molecule has 8 rings (SSSR count). The van der Waals surface area contributed by atoms with Crippen LogP contribution in [-0.4, -0.2) is 119 Å². The van der Waals surface area contributed by atoms with E-state index in [2.05, 4.69) is 110 Å². The van der Waals surface area contributed by atoms with Gasteiger partial charge in [0.2, 0.25) is 5.91 Å². The number of nitrogens with one attached hydrogen (secondary N) is 2. The number of rotatable bonds is 18. The lowest BCUT2D eigenvalue weighted by atomic mass is 9.81. The SMILES string of the molecule is C=CCCC(NC1=CC(F)=C(C2CCN(CC3CCN(C(=O)c4ccc(C5CCN(C/C(C)=C/c6c(-c7ccc8nc(COC)n(PI)c8c7)ccnc6C)CC5)cc4)CC3)CC2(F)F)CC1)C(=O)NC. The van der Waals surface area contributed by atoms with E-state index in [4.69, 9.17) is 9.72 Å². The van der Waals surface area contributed by atoms with Crippen LogP contribution < -0.4 is 10.6 Å². The summed E-state index contributed by atoms with van der Waals surface area (Å²) in [7, 11) is 3.25. The van der Waals surface area contributed by atoms with Crippen LogP contribution in [0, 0.1) is 18.8 Å². The zero-order valence-electron chi connectivity index (χ0n) is 41.6. The van der Waals surface area contributed by atoms with Crippen molar-refractivity contribution in [3.63, 3.8) is 0 Å². The van der Waals surface area contributed by atoms with Crippen LogP contribution in [0.25, 0.3) is 28.2 Å². The summed E-state index contributed by atoms with van der Waals surface area (Å²) < 4.78 is 54.7. The molecule has 0 radical (unpaired) electrons. The number of aromatic nitrogens is 3. The molecule has 71 heavy (non-hydrogen) atoms. The Hall–Kier alpha value is -4.41. The van der Waals surface area contributed by atoms with Gasteiger partial charge in [-0.1, -0.05) is 35.9 Å². The van der Waals surface area contributed by atoms with Crippen LogP contribution in [-0.2, 0) is 16.1 Å². The van der Waals surface area contributed by atoms with E-state index in [1.54, 1.807) is 20.2 Å². The maximum atomic E-state index is 15.8. The van der Waals surface area contributed by atoms with Crippen LogP contribution in [0.15, 0.2) is 96.1 Å². The Kier molecular flexibility index (Phi) is 17.9. The Morgan fingerprint density at radius 1 is 1.01 bits per heavy atom. The van der Waals surface area contributed by atoms with E-state index in [-0.39, 0.29) is 36.1 Å². The number of hydrogen-bond acceptors (Lipinski definition) is 8. The molecule has 3 fully saturated rings. The number of alkyl halides is 2. The van der Waals surface area contributed by atoms with Gasteiger partial charge in [-0.3, -0.25) is 28.7 Å². The van der Waals surface area contributed by atoms with Gasteiger partial charge in [0.15, 0.2) is 0 Å². The smallest absolute Gasteiger partial charge is 0.267 e. The van der Waals surface area contributed by atoms with Crippen LogP contribution in [0.4, 0.5) is 13.2 Å². The van der Waals surface area contributed by atoms with Crippen molar-refractivity contribution in [2.45, 2.75) is 96.1 Å². The fourth-order valence-corrected chi connectivity index (χ4v) is 13.3. The molecule has 2 amide bonds. The summed E-state index contributed by atoms with van der Waals surface area (Å²) in [5.41, 5.74) is 10.5. The fourth-order valence-electron chi connectivity index (χ4n) is 11.2. The van der Waals surface area contributed by atoms with Gasteiger partial charge < -0.3 is 20.3 Å². The van der Waals surface area contributed by atoms with E-state index in [0.29, 0.717) is 75.6 Å². The highest BCUT2D eigenvalue weighted by molar-refractivity contribution is 14.2. The van der Waals surface area contributed by atoms with Crippen molar-refractivity contribution < 1.29 is 27.5 Å². The van der Waals surface area contributed by atoms with Crippen LogP contribution in [0.1, 0.15) is 104 Å². The first kappa shape index (κ1) is 52.9. The molecular weight excluding hydrogens is 1040 g/mol. The summed E-state index contributed by atoms with van der Waals surface area (Å²) in [6, 6.07) is 16.2. The summed E-state index contributed by atoms with van der Waals surface area (Å²) in [4.78, 5) is 41.8. The van der Waals surface area contributed by atoms with Gasteiger partial charge in [-0.2, -0.15) is 0 Å². The van der Waals surface area contributed by atoms with Gasteiger partial charge in [-0.05, 0) is 184 Å². The van der Waals surface area contributed by atoms with E-state index in [0.717, 1.165) is 84.6 Å². The first-order valence-corrected chi connectivity index (χ1v) is 29.2. The second-order valence-electron chi connectivity index (χ2n) is 19.9. The van der Waals surface area contributed by atoms with Gasteiger partial charge in [-0.15, -0.1) is 6.58 Å². The number of carbonyl (C=O) groups excluding carboxylic acids is 2. The Labute approximate surface area is 432 Å². The number of methoxy groups -OCH3 is 1. The number of pyridine rings is 1. The maximum Gasteiger partial charge on any atom is 0.267 e. The van der Waals surface area contributed by atoms with Gasteiger partial charge in [-0.25, -0.2) is 18.2 Å². The van der Waals surface area contributed by atoms with Crippen LogP contribution >= 0.6 is 28.4 Å². The van der Waals surface area contributed by atoms with Crippen LogP contribution in [0.2, 0.25) is 0 Å². The number of likely N-dealkylation sites (tertiary alicyclic amines) is 3.